The molecule has 2 aromatic carbocycles. The fourth-order valence-electron chi connectivity index (χ4n) is 4.30. The minimum absolute atomic E-state index is 0.0240. The minimum atomic E-state index is -3.92. The van der Waals surface area contributed by atoms with E-state index in [-0.39, 0.29) is 16.9 Å². The molecule has 1 heterocycles. The molecule has 2 atom stereocenters. The predicted octanol–water partition coefficient (Wildman–Crippen LogP) is 7.79. The first-order valence-corrected chi connectivity index (χ1v) is 17.6. The molecule has 0 bridgehead atoms. The fraction of sp³-hybridized carbons (Fsp3) is 0.536. The highest BCUT2D eigenvalue weighted by atomic mass is 79.9. The maximum absolute atomic E-state index is 13.7. The summed E-state index contributed by atoms with van der Waals surface area (Å²) in [7, 11) is -5.82. The first-order valence-electron chi connectivity index (χ1n) is 12.5. The molecule has 0 spiro atoms. The molecular formula is C28H40BrNO4SSi. The van der Waals surface area contributed by atoms with Gasteiger partial charge in [0.05, 0.1) is 0 Å². The maximum atomic E-state index is 13.7. The van der Waals surface area contributed by atoms with Crippen LogP contribution in [0.15, 0.2) is 63.5 Å². The van der Waals surface area contributed by atoms with Gasteiger partial charge in [0.15, 0.2) is 13.1 Å². The van der Waals surface area contributed by atoms with E-state index in [4.69, 9.17) is 9.16 Å². The van der Waals surface area contributed by atoms with Crippen LogP contribution in [0.5, 0.6) is 0 Å². The molecule has 1 aliphatic heterocycles. The highest BCUT2D eigenvalue weighted by molar-refractivity contribution is 9.10. The van der Waals surface area contributed by atoms with E-state index in [2.05, 4.69) is 66.3 Å². The Morgan fingerprint density at radius 2 is 1.69 bits per heavy atom. The van der Waals surface area contributed by atoms with Gasteiger partial charge < -0.3 is 9.16 Å². The number of ether oxygens (including phenoxy) is 1. The molecule has 0 radical (unpaired) electrons. The average molecular weight is 595 g/mol. The van der Waals surface area contributed by atoms with Gasteiger partial charge in [-0.15, -0.1) is 4.40 Å². The van der Waals surface area contributed by atoms with E-state index >= 15 is 0 Å². The predicted molar refractivity (Wildman–Crippen MR) is 155 cm³/mol. The molecule has 0 amide bonds. The summed E-state index contributed by atoms with van der Waals surface area (Å²) in [6.07, 6.45) is 1.14. The van der Waals surface area contributed by atoms with E-state index in [1.165, 1.54) is 0 Å². The van der Waals surface area contributed by atoms with E-state index in [0.717, 1.165) is 16.5 Å². The number of rotatable bonds is 8. The second kappa shape index (κ2) is 10.3. The van der Waals surface area contributed by atoms with Gasteiger partial charge in [0, 0.05) is 17.5 Å². The summed E-state index contributed by atoms with van der Waals surface area (Å²) in [5.41, 5.74) is 0.744. The molecule has 0 N–H and O–H groups in total. The summed E-state index contributed by atoms with van der Waals surface area (Å²) in [4.78, 5) is 0. The summed E-state index contributed by atoms with van der Waals surface area (Å²) < 4.78 is 44.0. The van der Waals surface area contributed by atoms with E-state index < -0.39 is 28.7 Å². The van der Waals surface area contributed by atoms with Crippen molar-refractivity contribution in [2.24, 2.45) is 4.40 Å². The Balaban J connectivity index is 1.91. The normalized spacial score (nSPS) is 22.4. The third-order valence-electron chi connectivity index (χ3n) is 8.06. The van der Waals surface area contributed by atoms with E-state index in [0.29, 0.717) is 18.6 Å². The largest absolute Gasteiger partial charge is 0.472 e. The molecule has 0 aromatic heterocycles. The summed E-state index contributed by atoms with van der Waals surface area (Å²) in [6, 6.07) is 17.5. The topological polar surface area (TPSA) is 65.0 Å². The lowest BCUT2D eigenvalue weighted by Gasteiger charge is -2.45. The van der Waals surface area contributed by atoms with E-state index in [9.17, 15) is 8.42 Å². The smallest absolute Gasteiger partial charge is 0.269 e. The number of benzene rings is 2. The van der Waals surface area contributed by atoms with Gasteiger partial charge in [-0.05, 0) is 74.5 Å². The van der Waals surface area contributed by atoms with Crippen LogP contribution in [0.4, 0.5) is 0 Å². The van der Waals surface area contributed by atoms with Gasteiger partial charge in [-0.2, -0.15) is 0 Å². The van der Waals surface area contributed by atoms with Crippen molar-refractivity contribution in [1.82, 2.24) is 0 Å². The molecule has 3 rings (SSSR count). The SMILES string of the molecule is CC1(C)OC(C[C@@H](CCO[Si](C)(C)C(C)(C)C)c2ccccc2)=NS(=O)(=O)C1(C)c1cccc(Br)c1. The Hall–Kier alpha value is -1.48. The minimum Gasteiger partial charge on any atom is -0.472 e. The van der Waals surface area contributed by atoms with Crippen molar-refractivity contribution >= 4 is 40.2 Å². The summed E-state index contributed by atoms with van der Waals surface area (Å²) in [6.45, 7) is 17.2. The van der Waals surface area contributed by atoms with Gasteiger partial charge in [-0.25, -0.2) is 8.42 Å². The lowest BCUT2D eigenvalue weighted by atomic mass is 9.84. The van der Waals surface area contributed by atoms with Crippen molar-refractivity contribution in [3.05, 3.63) is 70.2 Å². The number of hydrogen-bond acceptors (Lipinski definition) is 4. The zero-order chi connectivity index (χ0) is 27.0. The monoisotopic (exact) mass is 593 g/mol. The van der Waals surface area contributed by atoms with Crippen LogP contribution in [-0.2, 0) is 23.9 Å². The van der Waals surface area contributed by atoms with E-state index in [1.807, 2.05) is 56.3 Å². The van der Waals surface area contributed by atoms with Gasteiger partial charge in [-0.3, -0.25) is 0 Å². The van der Waals surface area contributed by atoms with Crippen LogP contribution in [0.1, 0.15) is 71.4 Å². The number of sulfonamides is 1. The molecule has 0 fully saturated rings. The zero-order valence-corrected chi connectivity index (χ0v) is 26.2. The molecule has 2 aromatic rings. The average Bonchev–Trinajstić information content (AvgIpc) is 2.76. The molecule has 0 saturated carbocycles. The van der Waals surface area contributed by atoms with Crippen LogP contribution in [-0.4, -0.2) is 34.8 Å². The van der Waals surface area contributed by atoms with Crippen molar-refractivity contribution in [2.45, 2.75) is 88.8 Å². The van der Waals surface area contributed by atoms with Crippen molar-refractivity contribution in [3.63, 3.8) is 0 Å². The molecule has 8 heteroatoms. The molecule has 198 valence electrons. The summed E-state index contributed by atoms with van der Waals surface area (Å²) in [5, 5.41) is 0.126. The molecule has 5 nitrogen and oxygen atoms in total. The van der Waals surface area contributed by atoms with Gasteiger partial charge in [0.1, 0.15) is 5.60 Å². The quantitative estimate of drug-likeness (QED) is 0.293. The lowest BCUT2D eigenvalue weighted by Crippen LogP contribution is -2.56. The highest BCUT2D eigenvalue weighted by Crippen LogP contribution is 2.47. The third-order valence-corrected chi connectivity index (χ3v) is 15.3. The highest BCUT2D eigenvalue weighted by Gasteiger charge is 2.58. The molecule has 1 aliphatic rings. The maximum Gasteiger partial charge on any atom is 0.269 e. The zero-order valence-electron chi connectivity index (χ0n) is 22.8. The van der Waals surface area contributed by atoms with Gasteiger partial charge in [-0.1, -0.05) is 79.2 Å². The molecule has 0 saturated heterocycles. The van der Waals surface area contributed by atoms with Crippen molar-refractivity contribution in [3.8, 4) is 0 Å². The number of nitrogens with zero attached hydrogens (tertiary/aromatic N) is 1. The fourth-order valence-corrected chi connectivity index (χ4v) is 7.41. The second-order valence-electron chi connectivity index (χ2n) is 11.8. The lowest BCUT2D eigenvalue weighted by molar-refractivity contribution is 0.0424. The van der Waals surface area contributed by atoms with Crippen LogP contribution in [0.25, 0.3) is 0 Å². The van der Waals surface area contributed by atoms with E-state index in [1.54, 1.807) is 6.92 Å². The summed E-state index contributed by atoms with van der Waals surface area (Å²) in [5.74, 6) is 0.282. The van der Waals surface area contributed by atoms with Crippen LogP contribution < -0.4 is 0 Å². The van der Waals surface area contributed by atoms with Crippen LogP contribution in [0.3, 0.4) is 0 Å². The molecule has 0 aliphatic carbocycles. The van der Waals surface area contributed by atoms with Crippen LogP contribution in [0.2, 0.25) is 18.1 Å². The van der Waals surface area contributed by atoms with Crippen molar-refractivity contribution in [2.75, 3.05) is 6.61 Å². The summed E-state index contributed by atoms with van der Waals surface area (Å²) >= 11 is 3.47. The number of halogens is 1. The number of hydrogen-bond donors (Lipinski definition) is 0. The molecule has 1 unspecified atom stereocenters. The first kappa shape index (κ1) is 29.1. The molecule has 36 heavy (non-hydrogen) atoms. The van der Waals surface area contributed by atoms with Crippen LogP contribution >= 0.6 is 15.9 Å². The first-order chi connectivity index (χ1) is 16.5. The molecular weight excluding hydrogens is 554 g/mol. The Bertz CT molecular complexity index is 1210. The third kappa shape index (κ3) is 5.82. The Kier molecular flexibility index (Phi) is 8.36. The van der Waals surface area contributed by atoms with Gasteiger partial charge in [0.2, 0.25) is 5.90 Å². The van der Waals surface area contributed by atoms with Crippen LogP contribution in [0, 0.1) is 0 Å². The van der Waals surface area contributed by atoms with Crippen molar-refractivity contribution < 1.29 is 17.6 Å². The Morgan fingerprint density at radius 1 is 1.06 bits per heavy atom. The van der Waals surface area contributed by atoms with Gasteiger partial charge >= 0.3 is 0 Å². The Morgan fingerprint density at radius 3 is 2.25 bits per heavy atom. The van der Waals surface area contributed by atoms with Crippen molar-refractivity contribution in [1.29, 1.82) is 0 Å². The standard InChI is InChI=1S/C28H40BrNO4SSi/c1-26(2,3)36(7,8)33-18-17-22(21-13-10-9-11-14-21)19-25-30-35(31,32)28(6,27(4,5)34-25)23-15-12-16-24(29)20-23/h9-16,20,22H,17-19H2,1-8H3/t22-,28?/m1/s1. The second-order valence-corrected chi connectivity index (χ2v) is 19.5. The van der Waals surface area contributed by atoms with Gasteiger partial charge in [0.25, 0.3) is 10.0 Å². The Labute approximate surface area is 227 Å².